The number of fused-ring (bicyclic) bond motifs is 1. The van der Waals surface area contributed by atoms with E-state index in [0.717, 1.165) is 0 Å². The predicted octanol–water partition coefficient (Wildman–Crippen LogP) is 1.48. The monoisotopic (exact) mass is 227 g/mol. The Hall–Kier alpha value is -1.75. The average Bonchev–Trinajstić information content (AvgIpc) is 2.42. The molecule has 0 atom stereocenters. The van der Waals surface area contributed by atoms with Gasteiger partial charge in [-0.1, -0.05) is 11.6 Å². The number of aromatic carboxylic acids is 1. The normalized spacial score (nSPS) is 10.8. The van der Waals surface area contributed by atoms with Gasteiger partial charge in [-0.25, -0.2) is 9.59 Å². The Morgan fingerprint density at radius 2 is 2.20 bits per heavy atom. The van der Waals surface area contributed by atoms with Crippen molar-refractivity contribution in [2.24, 2.45) is 7.05 Å². The molecular formula is C9H6ClNO4. The SMILES string of the molecule is Cn1c(=O)oc2cc(C(=O)O)cc(Cl)c21. The van der Waals surface area contributed by atoms with Crippen LogP contribution in [0.25, 0.3) is 11.1 Å². The van der Waals surface area contributed by atoms with Gasteiger partial charge in [-0.3, -0.25) is 4.57 Å². The molecule has 1 aromatic heterocycles. The summed E-state index contributed by atoms with van der Waals surface area (Å²) in [6.07, 6.45) is 0. The van der Waals surface area contributed by atoms with Gasteiger partial charge in [0.05, 0.1) is 10.6 Å². The summed E-state index contributed by atoms with van der Waals surface area (Å²) in [6, 6.07) is 2.55. The van der Waals surface area contributed by atoms with Gasteiger partial charge in [-0.2, -0.15) is 0 Å². The Balaban J connectivity index is 2.90. The Labute approximate surface area is 88.5 Å². The van der Waals surface area contributed by atoms with Crippen molar-refractivity contribution >= 4 is 28.7 Å². The van der Waals surface area contributed by atoms with Crippen LogP contribution in [0.1, 0.15) is 10.4 Å². The number of oxazole rings is 1. The molecule has 78 valence electrons. The third-order valence-corrected chi connectivity index (χ3v) is 2.37. The molecule has 1 N–H and O–H groups in total. The average molecular weight is 228 g/mol. The van der Waals surface area contributed by atoms with Gasteiger partial charge in [-0.15, -0.1) is 0 Å². The highest BCUT2D eigenvalue weighted by atomic mass is 35.5. The zero-order valence-electron chi connectivity index (χ0n) is 7.65. The van der Waals surface area contributed by atoms with E-state index in [0.29, 0.717) is 5.52 Å². The quantitative estimate of drug-likeness (QED) is 0.801. The maximum Gasteiger partial charge on any atom is 0.419 e. The van der Waals surface area contributed by atoms with Crippen molar-refractivity contribution in [1.82, 2.24) is 4.57 Å². The summed E-state index contributed by atoms with van der Waals surface area (Å²) in [5.74, 6) is -1.69. The Kier molecular flexibility index (Phi) is 2.04. The Morgan fingerprint density at radius 1 is 1.53 bits per heavy atom. The zero-order valence-corrected chi connectivity index (χ0v) is 8.41. The van der Waals surface area contributed by atoms with Crippen LogP contribution in [0.15, 0.2) is 21.3 Å². The van der Waals surface area contributed by atoms with Crippen molar-refractivity contribution in [3.8, 4) is 0 Å². The van der Waals surface area contributed by atoms with Crippen molar-refractivity contribution in [1.29, 1.82) is 0 Å². The van der Waals surface area contributed by atoms with Crippen molar-refractivity contribution < 1.29 is 14.3 Å². The van der Waals surface area contributed by atoms with E-state index in [4.69, 9.17) is 21.1 Å². The first-order valence-electron chi connectivity index (χ1n) is 4.03. The highest BCUT2D eigenvalue weighted by Gasteiger charge is 2.14. The molecule has 0 unspecified atom stereocenters. The lowest BCUT2D eigenvalue weighted by molar-refractivity contribution is 0.0697. The van der Waals surface area contributed by atoms with Crippen LogP contribution in [0.3, 0.4) is 0 Å². The predicted molar refractivity (Wildman–Crippen MR) is 53.4 cm³/mol. The van der Waals surface area contributed by atoms with Gasteiger partial charge in [0.15, 0.2) is 5.58 Å². The molecule has 2 aromatic rings. The Morgan fingerprint density at radius 3 is 2.80 bits per heavy atom. The maximum absolute atomic E-state index is 11.2. The number of carbonyl (C=O) groups is 1. The van der Waals surface area contributed by atoms with E-state index in [1.54, 1.807) is 0 Å². The minimum Gasteiger partial charge on any atom is -0.478 e. The fourth-order valence-corrected chi connectivity index (χ4v) is 1.69. The van der Waals surface area contributed by atoms with Crippen molar-refractivity contribution in [2.45, 2.75) is 0 Å². The van der Waals surface area contributed by atoms with Crippen LogP contribution in [0.2, 0.25) is 5.02 Å². The molecule has 0 aliphatic carbocycles. The summed E-state index contributed by atoms with van der Waals surface area (Å²) in [6.45, 7) is 0. The van der Waals surface area contributed by atoms with E-state index in [-0.39, 0.29) is 16.2 Å². The third kappa shape index (κ3) is 1.41. The number of aryl methyl sites for hydroxylation is 1. The van der Waals surface area contributed by atoms with E-state index in [1.807, 2.05) is 0 Å². The van der Waals surface area contributed by atoms with Crippen LogP contribution in [-0.4, -0.2) is 15.6 Å². The number of nitrogens with zero attached hydrogens (tertiary/aromatic N) is 1. The second kappa shape index (κ2) is 3.13. The second-order valence-electron chi connectivity index (χ2n) is 3.04. The molecule has 6 heteroatoms. The molecule has 0 radical (unpaired) electrons. The van der Waals surface area contributed by atoms with Gasteiger partial charge in [0, 0.05) is 7.05 Å². The summed E-state index contributed by atoms with van der Waals surface area (Å²) in [5, 5.41) is 8.94. The van der Waals surface area contributed by atoms with E-state index in [1.165, 1.54) is 23.7 Å². The van der Waals surface area contributed by atoms with Crippen LogP contribution in [0, 0.1) is 0 Å². The third-order valence-electron chi connectivity index (χ3n) is 2.08. The van der Waals surface area contributed by atoms with E-state index in [2.05, 4.69) is 0 Å². The summed E-state index contributed by atoms with van der Waals surface area (Å²) in [4.78, 5) is 21.9. The van der Waals surface area contributed by atoms with Crippen molar-refractivity contribution in [3.05, 3.63) is 33.3 Å². The number of rotatable bonds is 1. The van der Waals surface area contributed by atoms with E-state index >= 15 is 0 Å². The number of carboxylic acid groups (broad SMARTS) is 1. The fourth-order valence-electron chi connectivity index (χ4n) is 1.35. The van der Waals surface area contributed by atoms with Crippen LogP contribution >= 0.6 is 11.6 Å². The minimum atomic E-state index is -1.12. The van der Waals surface area contributed by atoms with Crippen LogP contribution < -0.4 is 5.76 Å². The fraction of sp³-hybridized carbons (Fsp3) is 0.111. The first-order valence-corrected chi connectivity index (χ1v) is 4.41. The maximum atomic E-state index is 11.2. The smallest absolute Gasteiger partial charge is 0.419 e. The van der Waals surface area contributed by atoms with Gasteiger partial charge < -0.3 is 9.52 Å². The lowest BCUT2D eigenvalue weighted by Gasteiger charge is -1.98. The molecule has 0 saturated carbocycles. The van der Waals surface area contributed by atoms with Crippen molar-refractivity contribution in [2.75, 3.05) is 0 Å². The largest absolute Gasteiger partial charge is 0.478 e. The van der Waals surface area contributed by atoms with Crippen LogP contribution in [0.5, 0.6) is 0 Å². The summed E-state index contributed by atoms with van der Waals surface area (Å²) in [5.41, 5.74) is 0.556. The Bertz CT molecular complexity index is 610. The molecule has 0 saturated heterocycles. The van der Waals surface area contributed by atoms with Gasteiger partial charge in [-0.05, 0) is 12.1 Å². The van der Waals surface area contributed by atoms with Gasteiger partial charge >= 0.3 is 11.7 Å². The first-order chi connectivity index (χ1) is 7.00. The molecule has 0 aliphatic rings. The first kappa shape index (κ1) is 9.79. The number of aromatic nitrogens is 1. The molecule has 0 spiro atoms. The molecule has 1 heterocycles. The molecule has 0 amide bonds. The van der Waals surface area contributed by atoms with Crippen molar-refractivity contribution in [3.63, 3.8) is 0 Å². The highest BCUT2D eigenvalue weighted by molar-refractivity contribution is 6.35. The highest BCUT2D eigenvalue weighted by Crippen LogP contribution is 2.24. The molecule has 2 rings (SSSR count). The van der Waals surface area contributed by atoms with E-state index < -0.39 is 11.7 Å². The molecule has 5 nitrogen and oxygen atoms in total. The lowest BCUT2D eigenvalue weighted by Crippen LogP contribution is -2.08. The second-order valence-corrected chi connectivity index (χ2v) is 3.44. The molecule has 0 bridgehead atoms. The molecule has 15 heavy (non-hydrogen) atoms. The van der Waals surface area contributed by atoms with Gasteiger partial charge in [0.2, 0.25) is 0 Å². The standard InChI is InChI=1S/C9H6ClNO4/c1-11-7-5(10)2-4(8(12)13)3-6(7)15-9(11)14/h2-3H,1H3,(H,12,13). The minimum absolute atomic E-state index is 0.0122. The van der Waals surface area contributed by atoms with Gasteiger partial charge in [0.25, 0.3) is 0 Å². The van der Waals surface area contributed by atoms with Crippen LogP contribution in [0.4, 0.5) is 0 Å². The number of hydrogen-bond acceptors (Lipinski definition) is 3. The molecule has 1 aromatic carbocycles. The topological polar surface area (TPSA) is 72.4 Å². The summed E-state index contributed by atoms with van der Waals surface area (Å²) >= 11 is 5.84. The summed E-state index contributed by atoms with van der Waals surface area (Å²) in [7, 11) is 1.50. The number of carboxylic acids is 1. The molecular weight excluding hydrogens is 222 g/mol. The van der Waals surface area contributed by atoms with Crippen LogP contribution in [-0.2, 0) is 7.05 Å². The molecule has 0 aliphatic heterocycles. The number of benzene rings is 1. The number of halogens is 1. The summed E-state index contributed by atoms with van der Waals surface area (Å²) < 4.78 is 6.06. The molecule has 0 fully saturated rings. The lowest BCUT2D eigenvalue weighted by atomic mass is 10.2. The van der Waals surface area contributed by atoms with E-state index in [9.17, 15) is 9.59 Å². The zero-order chi connectivity index (χ0) is 11.2. The van der Waals surface area contributed by atoms with Gasteiger partial charge in [0.1, 0.15) is 5.52 Å². The number of hydrogen-bond donors (Lipinski definition) is 1.